The topological polar surface area (TPSA) is 41.9 Å². The molecule has 4 nitrogen and oxygen atoms in total. The van der Waals surface area contributed by atoms with E-state index in [0.717, 1.165) is 35.3 Å². The minimum atomic E-state index is 0.556. The van der Waals surface area contributed by atoms with Gasteiger partial charge in [0.25, 0.3) is 0 Å². The molecule has 0 fully saturated rings. The summed E-state index contributed by atoms with van der Waals surface area (Å²) in [6, 6.07) is 3.83. The van der Waals surface area contributed by atoms with Crippen LogP contribution in [0.3, 0.4) is 0 Å². The molecule has 0 atom stereocenters. The molecule has 0 aromatic carbocycles. The molecule has 0 saturated carbocycles. The summed E-state index contributed by atoms with van der Waals surface area (Å²) in [4.78, 5) is 18.0. The number of pyridine rings is 1. The molecule has 6 heteroatoms. The zero-order valence-corrected chi connectivity index (χ0v) is 13.1. The number of nitrogens with zero attached hydrogens (tertiary/aromatic N) is 4. The zero-order chi connectivity index (χ0) is 14.4. The summed E-state index contributed by atoms with van der Waals surface area (Å²) in [5, 5.41) is 1.60. The van der Waals surface area contributed by atoms with Crippen molar-refractivity contribution < 1.29 is 0 Å². The van der Waals surface area contributed by atoms with E-state index in [-0.39, 0.29) is 0 Å². The summed E-state index contributed by atoms with van der Waals surface area (Å²) in [6.45, 7) is 2.02. The van der Waals surface area contributed by atoms with Gasteiger partial charge in [0.2, 0.25) is 0 Å². The first-order valence-electron chi connectivity index (χ1n) is 6.79. The van der Waals surface area contributed by atoms with Gasteiger partial charge < -0.3 is 4.90 Å². The molecule has 0 spiro atoms. The summed E-state index contributed by atoms with van der Waals surface area (Å²) < 4.78 is 0. The molecule has 1 aliphatic heterocycles. The third kappa shape index (κ3) is 2.21. The molecule has 4 rings (SSSR count). The molecule has 3 aromatic heterocycles. The second-order valence-electron chi connectivity index (χ2n) is 5.25. The highest BCUT2D eigenvalue weighted by Crippen LogP contribution is 2.38. The Hall–Kier alpha value is -1.56. The normalized spacial score (nSPS) is 15.3. The lowest BCUT2D eigenvalue weighted by molar-refractivity contribution is 0.318. The van der Waals surface area contributed by atoms with Crippen molar-refractivity contribution in [3.63, 3.8) is 0 Å². The summed E-state index contributed by atoms with van der Waals surface area (Å²) in [6.07, 6.45) is 4.52. The van der Waals surface area contributed by atoms with Gasteiger partial charge in [-0.1, -0.05) is 11.6 Å². The van der Waals surface area contributed by atoms with Crippen LogP contribution in [-0.4, -0.2) is 33.4 Å². The monoisotopic (exact) mass is 316 g/mol. The van der Waals surface area contributed by atoms with Crippen molar-refractivity contribution in [1.82, 2.24) is 19.9 Å². The molecule has 21 heavy (non-hydrogen) atoms. The smallest absolute Gasteiger partial charge is 0.164 e. The number of rotatable bonds is 1. The van der Waals surface area contributed by atoms with E-state index in [2.05, 4.69) is 21.9 Å². The van der Waals surface area contributed by atoms with Gasteiger partial charge in [-0.15, -0.1) is 11.3 Å². The first kappa shape index (κ1) is 13.1. The van der Waals surface area contributed by atoms with Crippen molar-refractivity contribution in [2.75, 3.05) is 13.6 Å². The fourth-order valence-corrected chi connectivity index (χ4v) is 4.34. The molecule has 4 heterocycles. The molecule has 3 aromatic rings. The summed E-state index contributed by atoms with van der Waals surface area (Å²) >= 11 is 8.18. The second kappa shape index (κ2) is 5.02. The summed E-state index contributed by atoms with van der Waals surface area (Å²) in [5.41, 5.74) is 2.22. The average molecular weight is 317 g/mol. The van der Waals surface area contributed by atoms with E-state index < -0.39 is 0 Å². The van der Waals surface area contributed by atoms with Crippen molar-refractivity contribution in [3.8, 4) is 11.4 Å². The standard InChI is InChI=1S/C15H13ClN4S/c1-20-6-4-10-11(8-20)21-15-12(10)13(16)18-14(19-15)9-3-2-5-17-7-9/h2-3,5,7H,4,6,8H2,1H3. The third-order valence-electron chi connectivity index (χ3n) is 3.77. The van der Waals surface area contributed by atoms with Gasteiger partial charge in [0.1, 0.15) is 9.98 Å². The van der Waals surface area contributed by atoms with Gasteiger partial charge in [0, 0.05) is 35.9 Å². The molecule has 0 N–H and O–H groups in total. The first-order chi connectivity index (χ1) is 10.2. The SMILES string of the molecule is CN1CCc2c(sc3nc(-c4cccnc4)nc(Cl)c23)C1. The van der Waals surface area contributed by atoms with Gasteiger partial charge in [0.05, 0.1) is 5.39 Å². The molecule has 0 aliphatic carbocycles. The highest BCUT2D eigenvalue weighted by Gasteiger charge is 2.22. The zero-order valence-electron chi connectivity index (χ0n) is 11.5. The Labute approximate surface area is 131 Å². The Morgan fingerprint density at radius 1 is 1.33 bits per heavy atom. The average Bonchev–Trinajstić information content (AvgIpc) is 2.85. The highest BCUT2D eigenvalue weighted by atomic mass is 35.5. The Balaban J connectivity index is 1.91. The first-order valence-corrected chi connectivity index (χ1v) is 7.98. The fraction of sp³-hybridized carbons (Fsp3) is 0.267. The van der Waals surface area contributed by atoms with Gasteiger partial charge in [0.15, 0.2) is 5.82 Å². The van der Waals surface area contributed by atoms with E-state index in [1.54, 1.807) is 23.7 Å². The summed E-state index contributed by atoms with van der Waals surface area (Å²) in [7, 11) is 2.14. The van der Waals surface area contributed by atoms with Crippen molar-refractivity contribution in [3.05, 3.63) is 40.1 Å². The van der Waals surface area contributed by atoms with Crippen LogP contribution in [-0.2, 0) is 13.0 Å². The number of likely N-dealkylation sites (N-methyl/N-ethyl adjacent to an activating group) is 1. The van der Waals surface area contributed by atoms with Crippen molar-refractivity contribution in [2.24, 2.45) is 0 Å². The van der Waals surface area contributed by atoms with E-state index in [1.807, 2.05) is 12.1 Å². The lowest BCUT2D eigenvalue weighted by Crippen LogP contribution is -2.25. The van der Waals surface area contributed by atoms with Gasteiger partial charge in [-0.2, -0.15) is 0 Å². The minimum Gasteiger partial charge on any atom is -0.301 e. The molecule has 0 saturated heterocycles. The van der Waals surface area contributed by atoms with Gasteiger partial charge in [-0.3, -0.25) is 4.98 Å². The Morgan fingerprint density at radius 2 is 2.24 bits per heavy atom. The van der Waals surface area contributed by atoms with E-state index in [4.69, 9.17) is 16.6 Å². The fourth-order valence-electron chi connectivity index (χ4n) is 2.70. The number of thiophene rings is 1. The lowest BCUT2D eigenvalue weighted by Gasteiger charge is -2.21. The number of hydrogen-bond donors (Lipinski definition) is 0. The summed E-state index contributed by atoms with van der Waals surface area (Å²) in [5.74, 6) is 0.646. The van der Waals surface area contributed by atoms with Gasteiger partial charge in [-0.25, -0.2) is 9.97 Å². The largest absolute Gasteiger partial charge is 0.301 e. The Bertz CT molecular complexity index is 815. The van der Waals surface area contributed by atoms with E-state index >= 15 is 0 Å². The Morgan fingerprint density at radius 3 is 3.05 bits per heavy atom. The van der Waals surface area contributed by atoms with Crippen LogP contribution >= 0.6 is 22.9 Å². The predicted molar refractivity (Wildman–Crippen MR) is 85.7 cm³/mol. The third-order valence-corrected chi connectivity index (χ3v) is 5.15. The number of fused-ring (bicyclic) bond motifs is 3. The molecule has 106 valence electrons. The minimum absolute atomic E-state index is 0.556. The molecule has 0 bridgehead atoms. The van der Waals surface area contributed by atoms with Crippen LogP contribution in [0.15, 0.2) is 24.5 Å². The van der Waals surface area contributed by atoms with Crippen LogP contribution in [0.4, 0.5) is 0 Å². The van der Waals surface area contributed by atoms with Gasteiger partial charge >= 0.3 is 0 Å². The predicted octanol–water partition coefficient (Wildman–Crippen LogP) is 3.39. The number of halogens is 1. The van der Waals surface area contributed by atoms with Crippen LogP contribution in [0, 0.1) is 0 Å². The van der Waals surface area contributed by atoms with Crippen LogP contribution in [0.2, 0.25) is 5.15 Å². The van der Waals surface area contributed by atoms with E-state index in [0.29, 0.717) is 11.0 Å². The maximum absolute atomic E-state index is 6.45. The lowest BCUT2D eigenvalue weighted by atomic mass is 10.1. The van der Waals surface area contributed by atoms with Crippen molar-refractivity contribution >= 4 is 33.2 Å². The Kier molecular flexibility index (Phi) is 3.14. The van der Waals surface area contributed by atoms with Crippen LogP contribution < -0.4 is 0 Å². The molecule has 0 unspecified atom stereocenters. The van der Waals surface area contributed by atoms with Crippen LogP contribution in [0.25, 0.3) is 21.6 Å². The van der Waals surface area contributed by atoms with Crippen molar-refractivity contribution in [1.29, 1.82) is 0 Å². The van der Waals surface area contributed by atoms with E-state index in [9.17, 15) is 0 Å². The molecule has 0 radical (unpaired) electrons. The second-order valence-corrected chi connectivity index (χ2v) is 6.69. The van der Waals surface area contributed by atoms with Gasteiger partial charge in [-0.05, 0) is 31.2 Å². The molecule has 0 amide bonds. The van der Waals surface area contributed by atoms with Crippen LogP contribution in [0.1, 0.15) is 10.4 Å². The number of aromatic nitrogens is 3. The van der Waals surface area contributed by atoms with Crippen molar-refractivity contribution in [2.45, 2.75) is 13.0 Å². The molecular formula is C15H13ClN4S. The molecular weight excluding hydrogens is 304 g/mol. The van der Waals surface area contributed by atoms with Crippen LogP contribution in [0.5, 0.6) is 0 Å². The number of hydrogen-bond acceptors (Lipinski definition) is 5. The highest BCUT2D eigenvalue weighted by molar-refractivity contribution is 7.19. The van der Waals surface area contributed by atoms with E-state index in [1.165, 1.54) is 10.4 Å². The maximum Gasteiger partial charge on any atom is 0.164 e. The quantitative estimate of drug-likeness (QED) is 0.645. The molecule has 1 aliphatic rings. The maximum atomic E-state index is 6.45.